The minimum Gasteiger partial charge on any atom is -0.507 e. The van der Waals surface area contributed by atoms with E-state index in [0.717, 1.165) is 5.56 Å². The van der Waals surface area contributed by atoms with Gasteiger partial charge in [-0.25, -0.2) is 0 Å². The fourth-order valence-corrected chi connectivity index (χ4v) is 1.79. The van der Waals surface area contributed by atoms with E-state index in [0.29, 0.717) is 30.0 Å². The molecule has 0 radical (unpaired) electrons. The topological polar surface area (TPSA) is 61.4 Å². The van der Waals surface area contributed by atoms with E-state index in [9.17, 15) is 9.90 Å². The summed E-state index contributed by atoms with van der Waals surface area (Å²) < 4.78 is 0.658. The smallest absolute Gasteiger partial charge is 0.233 e. The molecule has 3 N–H and O–H groups in total. The Balaban J connectivity index is 2.28. The Hall–Kier alpha value is -1.07. The molecule has 0 aromatic heterocycles. The first-order valence-corrected chi connectivity index (χ1v) is 6.73. The largest absolute Gasteiger partial charge is 0.507 e. The number of benzene rings is 1. The van der Waals surface area contributed by atoms with Crippen LogP contribution in [0, 0.1) is 5.92 Å². The molecule has 1 amide bonds. The minimum atomic E-state index is 0.00143. The standard InChI is InChI=1S/C13H19BrN2O2/c1-9(2)6-16-13(18)8-15-7-10-3-4-12(17)11(14)5-10/h3-5,9,15,17H,6-8H2,1-2H3,(H,16,18). The van der Waals surface area contributed by atoms with Crippen molar-refractivity contribution in [1.29, 1.82) is 0 Å². The van der Waals surface area contributed by atoms with Gasteiger partial charge in [0.1, 0.15) is 5.75 Å². The summed E-state index contributed by atoms with van der Waals surface area (Å²) in [7, 11) is 0. The van der Waals surface area contributed by atoms with E-state index < -0.39 is 0 Å². The Labute approximate surface area is 116 Å². The quantitative estimate of drug-likeness (QED) is 0.753. The lowest BCUT2D eigenvalue weighted by Gasteiger charge is -2.09. The fourth-order valence-electron chi connectivity index (χ4n) is 1.36. The summed E-state index contributed by atoms with van der Waals surface area (Å²) >= 11 is 3.25. The molecule has 0 bridgehead atoms. The van der Waals surface area contributed by atoms with Crippen LogP contribution in [0.2, 0.25) is 0 Å². The van der Waals surface area contributed by atoms with E-state index in [1.165, 1.54) is 0 Å². The predicted octanol–water partition coefficient (Wildman–Crippen LogP) is 2.02. The molecule has 5 heteroatoms. The zero-order valence-corrected chi connectivity index (χ0v) is 12.3. The predicted molar refractivity (Wildman–Crippen MR) is 75.4 cm³/mol. The zero-order chi connectivity index (χ0) is 13.5. The lowest BCUT2D eigenvalue weighted by Crippen LogP contribution is -2.35. The summed E-state index contributed by atoms with van der Waals surface area (Å²) in [5.74, 6) is 0.678. The Morgan fingerprint density at radius 2 is 2.17 bits per heavy atom. The molecule has 0 aliphatic rings. The van der Waals surface area contributed by atoms with Crippen molar-refractivity contribution < 1.29 is 9.90 Å². The van der Waals surface area contributed by atoms with Crippen LogP contribution in [-0.2, 0) is 11.3 Å². The summed E-state index contributed by atoms with van der Waals surface area (Å²) in [5.41, 5.74) is 1.01. The maximum atomic E-state index is 11.4. The normalized spacial score (nSPS) is 10.7. The van der Waals surface area contributed by atoms with Gasteiger partial charge >= 0.3 is 0 Å². The number of carbonyl (C=O) groups excluding carboxylic acids is 1. The van der Waals surface area contributed by atoms with Gasteiger partial charge in [-0.2, -0.15) is 0 Å². The first-order valence-electron chi connectivity index (χ1n) is 5.94. The minimum absolute atomic E-state index is 0.00143. The van der Waals surface area contributed by atoms with Crippen molar-refractivity contribution >= 4 is 21.8 Å². The van der Waals surface area contributed by atoms with E-state index in [-0.39, 0.29) is 11.7 Å². The van der Waals surface area contributed by atoms with E-state index >= 15 is 0 Å². The maximum absolute atomic E-state index is 11.4. The van der Waals surface area contributed by atoms with Gasteiger partial charge in [-0.05, 0) is 39.5 Å². The first kappa shape index (κ1) is 15.0. The number of hydrogen-bond acceptors (Lipinski definition) is 3. The third-order valence-electron chi connectivity index (χ3n) is 2.33. The SMILES string of the molecule is CC(C)CNC(=O)CNCc1ccc(O)c(Br)c1. The molecule has 0 unspecified atom stereocenters. The molecule has 0 heterocycles. The molecule has 0 atom stereocenters. The second-order valence-electron chi connectivity index (χ2n) is 4.59. The highest BCUT2D eigenvalue weighted by Crippen LogP contribution is 2.23. The Morgan fingerprint density at radius 3 is 2.78 bits per heavy atom. The van der Waals surface area contributed by atoms with Crippen LogP contribution in [0.3, 0.4) is 0 Å². The van der Waals surface area contributed by atoms with Gasteiger partial charge in [0.25, 0.3) is 0 Å². The van der Waals surface area contributed by atoms with Crippen molar-refractivity contribution in [2.75, 3.05) is 13.1 Å². The summed E-state index contributed by atoms with van der Waals surface area (Å²) in [5, 5.41) is 15.2. The molecule has 0 aliphatic heterocycles. The average molecular weight is 315 g/mol. The Morgan fingerprint density at radius 1 is 1.44 bits per heavy atom. The lowest BCUT2D eigenvalue weighted by atomic mass is 10.2. The fraction of sp³-hybridized carbons (Fsp3) is 0.462. The van der Waals surface area contributed by atoms with E-state index in [4.69, 9.17) is 0 Å². The summed E-state index contributed by atoms with van der Waals surface area (Å²) in [6, 6.07) is 5.27. The number of phenols is 1. The van der Waals surface area contributed by atoms with Crippen LogP contribution in [0.25, 0.3) is 0 Å². The Kier molecular flexibility index (Phi) is 6.15. The van der Waals surface area contributed by atoms with E-state index in [1.54, 1.807) is 6.07 Å². The van der Waals surface area contributed by atoms with Crippen molar-refractivity contribution in [2.45, 2.75) is 20.4 Å². The molecule has 1 aromatic rings. The number of nitrogens with one attached hydrogen (secondary N) is 2. The highest BCUT2D eigenvalue weighted by atomic mass is 79.9. The monoisotopic (exact) mass is 314 g/mol. The van der Waals surface area contributed by atoms with Gasteiger partial charge in [0.15, 0.2) is 0 Å². The third-order valence-corrected chi connectivity index (χ3v) is 2.97. The van der Waals surface area contributed by atoms with Crippen LogP contribution in [0.15, 0.2) is 22.7 Å². The molecule has 0 saturated carbocycles. The second kappa shape index (κ2) is 7.38. The maximum Gasteiger partial charge on any atom is 0.233 e. The van der Waals surface area contributed by atoms with Crippen LogP contribution in [0.4, 0.5) is 0 Å². The number of phenolic OH excluding ortho intramolecular Hbond substituents is 1. The number of carbonyl (C=O) groups is 1. The Bertz CT molecular complexity index is 408. The molecule has 4 nitrogen and oxygen atoms in total. The van der Waals surface area contributed by atoms with Gasteiger partial charge in [-0.3, -0.25) is 4.79 Å². The van der Waals surface area contributed by atoms with Gasteiger partial charge < -0.3 is 15.7 Å². The third kappa shape index (κ3) is 5.51. The molecule has 18 heavy (non-hydrogen) atoms. The number of amides is 1. The molecule has 1 rings (SSSR count). The molecule has 0 spiro atoms. The molecule has 100 valence electrons. The highest BCUT2D eigenvalue weighted by Gasteiger charge is 2.03. The summed E-state index contributed by atoms with van der Waals surface area (Å²) in [6.07, 6.45) is 0. The average Bonchev–Trinajstić information content (AvgIpc) is 2.31. The number of halogens is 1. The van der Waals surface area contributed by atoms with E-state index in [2.05, 4.69) is 40.4 Å². The first-order chi connectivity index (χ1) is 8.49. The molecule has 0 aliphatic carbocycles. The van der Waals surface area contributed by atoms with Gasteiger partial charge in [0.05, 0.1) is 11.0 Å². The van der Waals surface area contributed by atoms with Gasteiger partial charge in [0, 0.05) is 13.1 Å². The van der Waals surface area contributed by atoms with Crippen LogP contribution < -0.4 is 10.6 Å². The molecular formula is C13H19BrN2O2. The summed E-state index contributed by atoms with van der Waals surface area (Å²) in [6.45, 7) is 5.70. The number of aromatic hydroxyl groups is 1. The second-order valence-corrected chi connectivity index (χ2v) is 5.44. The molecule has 0 saturated heterocycles. The van der Waals surface area contributed by atoms with Crippen molar-refractivity contribution in [2.24, 2.45) is 5.92 Å². The van der Waals surface area contributed by atoms with Crippen LogP contribution >= 0.6 is 15.9 Å². The summed E-state index contributed by atoms with van der Waals surface area (Å²) in [4.78, 5) is 11.4. The van der Waals surface area contributed by atoms with Crippen molar-refractivity contribution in [3.05, 3.63) is 28.2 Å². The van der Waals surface area contributed by atoms with Crippen molar-refractivity contribution in [3.8, 4) is 5.75 Å². The van der Waals surface area contributed by atoms with E-state index in [1.807, 2.05) is 12.1 Å². The van der Waals surface area contributed by atoms with Gasteiger partial charge in [-0.1, -0.05) is 19.9 Å². The highest BCUT2D eigenvalue weighted by molar-refractivity contribution is 9.10. The van der Waals surface area contributed by atoms with Crippen LogP contribution in [0.1, 0.15) is 19.4 Å². The van der Waals surface area contributed by atoms with Gasteiger partial charge in [-0.15, -0.1) is 0 Å². The van der Waals surface area contributed by atoms with Crippen LogP contribution in [-0.4, -0.2) is 24.1 Å². The number of rotatable bonds is 6. The molecule has 1 aromatic carbocycles. The van der Waals surface area contributed by atoms with Crippen molar-refractivity contribution in [3.63, 3.8) is 0 Å². The van der Waals surface area contributed by atoms with Crippen molar-refractivity contribution in [1.82, 2.24) is 10.6 Å². The molecular weight excluding hydrogens is 296 g/mol. The van der Waals surface area contributed by atoms with Crippen LogP contribution in [0.5, 0.6) is 5.75 Å². The number of hydrogen-bond donors (Lipinski definition) is 3. The lowest BCUT2D eigenvalue weighted by molar-refractivity contribution is -0.120. The van der Waals surface area contributed by atoms with Gasteiger partial charge in [0.2, 0.25) is 5.91 Å². The zero-order valence-electron chi connectivity index (χ0n) is 10.7. The molecule has 0 fully saturated rings.